The highest BCUT2D eigenvalue weighted by molar-refractivity contribution is 5.97. The summed E-state index contributed by atoms with van der Waals surface area (Å²) in [5, 5.41) is 3.33. The van der Waals surface area contributed by atoms with Crippen molar-refractivity contribution in [3.8, 4) is 0 Å². The third-order valence-electron chi connectivity index (χ3n) is 6.98. The number of likely N-dealkylation sites (tertiary alicyclic amines) is 1. The maximum Gasteiger partial charge on any atom is 0.252 e. The van der Waals surface area contributed by atoms with Crippen LogP contribution in [0.4, 0.5) is 0 Å². The molecular formula is C25H32N4O2. The van der Waals surface area contributed by atoms with Crippen molar-refractivity contribution in [2.45, 2.75) is 45.7 Å². The van der Waals surface area contributed by atoms with Crippen LogP contribution in [0.5, 0.6) is 0 Å². The van der Waals surface area contributed by atoms with E-state index in [0.717, 1.165) is 36.1 Å². The molecule has 6 heteroatoms. The van der Waals surface area contributed by atoms with E-state index < -0.39 is 5.54 Å². The number of nitrogens with one attached hydrogen (secondary N) is 1. The summed E-state index contributed by atoms with van der Waals surface area (Å²) in [7, 11) is 0. The minimum Gasteiger partial charge on any atom is -0.344 e. The maximum atomic E-state index is 13.6. The van der Waals surface area contributed by atoms with E-state index in [1.807, 2.05) is 61.5 Å². The van der Waals surface area contributed by atoms with E-state index in [1.54, 1.807) is 0 Å². The molecule has 1 N–H and O–H groups in total. The van der Waals surface area contributed by atoms with Crippen molar-refractivity contribution >= 4 is 11.8 Å². The Hall–Kier alpha value is -2.73. The van der Waals surface area contributed by atoms with E-state index in [1.165, 1.54) is 5.56 Å². The SMILES string of the molecule is CCN(CC)C(=O)[C@H]1CN(Cc2ccncc2C)C[C@@]12CCc1ccccc1C(=O)N2. The second-order valence-corrected chi connectivity index (χ2v) is 8.80. The molecule has 2 aromatic rings. The molecule has 6 nitrogen and oxygen atoms in total. The Labute approximate surface area is 184 Å². The van der Waals surface area contributed by atoms with Crippen LogP contribution in [-0.4, -0.2) is 58.3 Å². The lowest BCUT2D eigenvalue weighted by atomic mass is 9.81. The van der Waals surface area contributed by atoms with Gasteiger partial charge in [0.1, 0.15) is 0 Å². The highest BCUT2D eigenvalue weighted by Crippen LogP contribution is 2.37. The largest absolute Gasteiger partial charge is 0.344 e. The van der Waals surface area contributed by atoms with Gasteiger partial charge in [0.05, 0.1) is 11.5 Å². The van der Waals surface area contributed by atoms with Crippen molar-refractivity contribution in [3.05, 3.63) is 65.0 Å². The number of pyridine rings is 1. The standard InChI is InChI=1S/C25H32N4O2/c1-4-29(5-2)24(31)22-16-28(15-20-11-13-26-14-18(20)3)17-25(22)12-10-19-8-6-7-9-21(19)23(30)27-25/h6-9,11,13-14,22H,4-5,10,12,15-17H2,1-3H3,(H,27,30)/t22-,25+/m1/s1. The third kappa shape index (κ3) is 4.09. The van der Waals surface area contributed by atoms with Crippen molar-refractivity contribution < 1.29 is 9.59 Å². The Morgan fingerprint density at radius 1 is 1.26 bits per heavy atom. The Morgan fingerprint density at radius 2 is 2.03 bits per heavy atom. The van der Waals surface area contributed by atoms with E-state index in [4.69, 9.17) is 0 Å². The van der Waals surface area contributed by atoms with Gasteiger partial charge in [-0.3, -0.25) is 19.5 Å². The molecule has 164 valence electrons. The minimum absolute atomic E-state index is 0.0626. The summed E-state index contributed by atoms with van der Waals surface area (Å²) in [5.41, 5.74) is 3.60. The van der Waals surface area contributed by atoms with E-state index >= 15 is 0 Å². The van der Waals surface area contributed by atoms with Gasteiger partial charge in [0.2, 0.25) is 5.91 Å². The van der Waals surface area contributed by atoms with Crippen LogP contribution >= 0.6 is 0 Å². The fourth-order valence-corrected chi connectivity index (χ4v) is 5.17. The predicted octanol–water partition coefficient (Wildman–Crippen LogP) is 2.81. The van der Waals surface area contributed by atoms with E-state index in [0.29, 0.717) is 26.2 Å². The second-order valence-electron chi connectivity index (χ2n) is 8.80. The van der Waals surface area contributed by atoms with Gasteiger partial charge in [-0.15, -0.1) is 0 Å². The van der Waals surface area contributed by atoms with Gasteiger partial charge in [-0.25, -0.2) is 0 Å². The molecular weight excluding hydrogens is 388 g/mol. The van der Waals surface area contributed by atoms with Crippen molar-refractivity contribution in [2.75, 3.05) is 26.2 Å². The molecule has 4 rings (SSSR count). The lowest BCUT2D eigenvalue weighted by molar-refractivity contribution is -0.136. The number of hydrogen-bond acceptors (Lipinski definition) is 4. The molecule has 1 saturated heterocycles. The molecule has 2 amide bonds. The van der Waals surface area contributed by atoms with Crippen molar-refractivity contribution in [1.29, 1.82) is 0 Å². The van der Waals surface area contributed by atoms with Gasteiger partial charge in [-0.1, -0.05) is 18.2 Å². The zero-order valence-corrected chi connectivity index (χ0v) is 18.7. The molecule has 0 aliphatic carbocycles. The molecule has 0 unspecified atom stereocenters. The second kappa shape index (κ2) is 8.79. The van der Waals surface area contributed by atoms with Crippen LogP contribution in [0.2, 0.25) is 0 Å². The fourth-order valence-electron chi connectivity index (χ4n) is 5.17. The van der Waals surface area contributed by atoms with Crippen molar-refractivity contribution in [1.82, 2.24) is 20.1 Å². The van der Waals surface area contributed by atoms with Crippen LogP contribution in [0.15, 0.2) is 42.7 Å². The normalized spacial score (nSPS) is 23.3. The number of fused-ring (bicyclic) bond motifs is 1. The predicted molar refractivity (Wildman–Crippen MR) is 121 cm³/mol. The highest BCUT2D eigenvalue weighted by Gasteiger charge is 2.52. The van der Waals surface area contributed by atoms with Crippen LogP contribution in [0.25, 0.3) is 0 Å². The van der Waals surface area contributed by atoms with E-state index in [9.17, 15) is 9.59 Å². The molecule has 0 saturated carbocycles. The molecule has 2 atom stereocenters. The fraction of sp³-hybridized carbons (Fsp3) is 0.480. The van der Waals surface area contributed by atoms with Crippen LogP contribution in [0, 0.1) is 12.8 Å². The lowest BCUT2D eigenvalue weighted by Gasteiger charge is -2.36. The molecule has 0 radical (unpaired) electrons. The van der Waals surface area contributed by atoms with Gasteiger partial charge in [0.25, 0.3) is 5.91 Å². The molecule has 1 fully saturated rings. The minimum atomic E-state index is -0.559. The quantitative estimate of drug-likeness (QED) is 0.808. The first kappa shape index (κ1) is 21.5. The topological polar surface area (TPSA) is 65.5 Å². The van der Waals surface area contributed by atoms with Crippen LogP contribution in [0.3, 0.4) is 0 Å². The summed E-state index contributed by atoms with van der Waals surface area (Å²) < 4.78 is 0. The number of benzene rings is 1. The van der Waals surface area contributed by atoms with Gasteiger partial charge in [0.15, 0.2) is 0 Å². The first-order valence-corrected chi connectivity index (χ1v) is 11.3. The highest BCUT2D eigenvalue weighted by atomic mass is 16.2. The molecule has 2 aliphatic heterocycles. The number of amides is 2. The smallest absolute Gasteiger partial charge is 0.252 e. The zero-order chi connectivity index (χ0) is 22.0. The molecule has 3 heterocycles. The van der Waals surface area contributed by atoms with E-state index in [-0.39, 0.29) is 17.7 Å². The molecule has 2 aliphatic rings. The van der Waals surface area contributed by atoms with Crippen molar-refractivity contribution in [2.24, 2.45) is 5.92 Å². The molecule has 31 heavy (non-hydrogen) atoms. The van der Waals surface area contributed by atoms with Crippen LogP contribution < -0.4 is 5.32 Å². The summed E-state index contributed by atoms with van der Waals surface area (Å²) >= 11 is 0. The molecule has 1 aromatic carbocycles. The van der Waals surface area contributed by atoms with Gasteiger partial charge < -0.3 is 10.2 Å². The Balaban J connectivity index is 1.66. The molecule has 1 spiro atoms. The number of carbonyl (C=O) groups excluding carboxylic acids is 2. The number of carbonyl (C=O) groups is 2. The zero-order valence-electron chi connectivity index (χ0n) is 18.7. The summed E-state index contributed by atoms with van der Waals surface area (Å²) in [5.74, 6) is -0.176. The molecule has 1 aromatic heterocycles. The average molecular weight is 421 g/mol. The average Bonchev–Trinajstić information content (AvgIpc) is 3.05. The third-order valence-corrected chi connectivity index (χ3v) is 6.98. The van der Waals surface area contributed by atoms with Crippen LogP contribution in [-0.2, 0) is 17.8 Å². The monoisotopic (exact) mass is 420 g/mol. The summed E-state index contributed by atoms with van der Waals surface area (Å²) in [6.07, 6.45) is 5.25. The van der Waals surface area contributed by atoms with Gasteiger partial charge in [0, 0.05) is 50.7 Å². The Kier molecular flexibility index (Phi) is 6.10. The Morgan fingerprint density at radius 3 is 2.77 bits per heavy atom. The van der Waals surface area contributed by atoms with E-state index in [2.05, 4.69) is 22.1 Å². The van der Waals surface area contributed by atoms with Crippen LogP contribution in [0.1, 0.15) is 47.3 Å². The lowest BCUT2D eigenvalue weighted by Crippen LogP contribution is -2.58. The number of aryl methyl sites for hydroxylation is 2. The summed E-state index contributed by atoms with van der Waals surface area (Å²) in [4.78, 5) is 35.2. The number of nitrogens with zero attached hydrogens (tertiary/aromatic N) is 3. The number of rotatable bonds is 5. The molecule has 0 bridgehead atoms. The summed E-state index contributed by atoms with van der Waals surface area (Å²) in [6.45, 7) is 9.53. The van der Waals surface area contributed by atoms with Gasteiger partial charge in [-0.05, 0) is 62.4 Å². The first-order chi connectivity index (χ1) is 15.0. The first-order valence-electron chi connectivity index (χ1n) is 11.3. The maximum absolute atomic E-state index is 13.6. The van der Waals surface area contributed by atoms with Crippen molar-refractivity contribution in [3.63, 3.8) is 0 Å². The van der Waals surface area contributed by atoms with Gasteiger partial charge >= 0.3 is 0 Å². The number of aromatic nitrogens is 1. The number of hydrogen-bond donors (Lipinski definition) is 1. The Bertz CT molecular complexity index is 971. The van der Waals surface area contributed by atoms with Gasteiger partial charge in [-0.2, -0.15) is 0 Å². The summed E-state index contributed by atoms with van der Waals surface area (Å²) in [6, 6.07) is 9.85.